The Bertz CT molecular complexity index is 405. The van der Waals surface area contributed by atoms with E-state index in [1.54, 1.807) is 19.3 Å². The molecule has 1 rings (SSSR count). The van der Waals surface area contributed by atoms with E-state index in [4.69, 9.17) is 5.73 Å². The Balaban J connectivity index is 2.42. The fraction of sp³-hybridized carbons (Fsp3) is 0.500. The molecule has 6 heteroatoms. The van der Waals surface area contributed by atoms with Crippen molar-refractivity contribution in [1.82, 2.24) is 9.71 Å². The Labute approximate surface area is 96.1 Å². The van der Waals surface area contributed by atoms with Gasteiger partial charge in [0.15, 0.2) is 0 Å². The summed E-state index contributed by atoms with van der Waals surface area (Å²) in [5, 5.41) is -0.554. The number of hydrogen-bond acceptors (Lipinski definition) is 4. The van der Waals surface area contributed by atoms with Gasteiger partial charge in [0.25, 0.3) is 0 Å². The van der Waals surface area contributed by atoms with Crippen LogP contribution >= 0.6 is 0 Å². The molecule has 0 saturated heterocycles. The summed E-state index contributed by atoms with van der Waals surface area (Å²) in [6, 6.07) is 3.74. The van der Waals surface area contributed by atoms with Gasteiger partial charge >= 0.3 is 0 Å². The highest BCUT2D eigenvalue weighted by Crippen LogP contribution is 1.98. The van der Waals surface area contributed by atoms with Crippen LogP contribution in [0.3, 0.4) is 0 Å². The largest absolute Gasteiger partial charge is 0.329 e. The van der Waals surface area contributed by atoms with Crippen LogP contribution in [0.4, 0.5) is 0 Å². The van der Waals surface area contributed by atoms with E-state index in [1.807, 2.05) is 12.1 Å². The third kappa shape index (κ3) is 3.88. The molecule has 1 atom stereocenters. The number of sulfonamides is 1. The molecule has 0 aromatic carbocycles. The van der Waals surface area contributed by atoms with Crippen LogP contribution < -0.4 is 10.5 Å². The molecule has 0 bridgehead atoms. The number of aromatic nitrogens is 1. The van der Waals surface area contributed by atoms with Crippen molar-refractivity contribution in [2.45, 2.75) is 18.6 Å². The molecule has 1 aromatic heterocycles. The third-order valence-corrected chi connectivity index (χ3v) is 4.16. The lowest BCUT2D eigenvalue weighted by molar-refractivity contribution is 0.569. The Morgan fingerprint density at radius 1 is 1.56 bits per heavy atom. The number of nitrogens with two attached hydrogens (primary N) is 1. The van der Waals surface area contributed by atoms with Crippen molar-refractivity contribution in [3.05, 3.63) is 30.1 Å². The van der Waals surface area contributed by atoms with Gasteiger partial charge in [-0.15, -0.1) is 0 Å². The topological polar surface area (TPSA) is 85.1 Å². The smallest absolute Gasteiger partial charge is 0.215 e. The van der Waals surface area contributed by atoms with Crippen LogP contribution in [0.1, 0.15) is 12.5 Å². The summed E-state index contributed by atoms with van der Waals surface area (Å²) in [6.07, 6.45) is 4.04. The van der Waals surface area contributed by atoms with E-state index < -0.39 is 15.3 Å². The molecule has 0 amide bonds. The highest BCUT2D eigenvalue weighted by atomic mass is 32.2. The first-order chi connectivity index (χ1) is 7.56. The molecular weight excluding hydrogens is 226 g/mol. The van der Waals surface area contributed by atoms with Gasteiger partial charge in [0.2, 0.25) is 10.0 Å². The number of pyridine rings is 1. The first-order valence-corrected chi connectivity index (χ1v) is 6.68. The second-order valence-electron chi connectivity index (χ2n) is 3.60. The summed E-state index contributed by atoms with van der Waals surface area (Å²) in [4.78, 5) is 3.95. The van der Waals surface area contributed by atoms with Gasteiger partial charge < -0.3 is 5.73 Å². The maximum absolute atomic E-state index is 11.5. The summed E-state index contributed by atoms with van der Waals surface area (Å²) < 4.78 is 25.6. The molecular formula is C10H17N3O2S. The molecule has 0 radical (unpaired) electrons. The van der Waals surface area contributed by atoms with E-state index in [9.17, 15) is 8.42 Å². The van der Waals surface area contributed by atoms with Crippen LogP contribution in [0.25, 0.3) is 0 Å². The lowest BCUT2D eigenvalue weighted by atomic mass is 10.2. The number of hydrogen-bond donors (Lipinski definition) is 2. The first kappa shape index (κ1) is 13.1. The summed E-state index contributed by atoms with van der Waals surface area (Å²) in [5.41, 5.74) is 6.32. The fourth-order valence-corrected chi connectivity index (χ4v) is 2.08. The molecule has 0 saturated carbocycles. The van der Waals surface area contributed by atoms with Crippen molar-refractivity contribution in [3.8, 4) is 0 Å². The van der Waals surface area contributed by atoms with Crippen LogP contribution in [0, 0.1) is 0 Å². The zero-order valence-electron chi connectivity index (χ0n) is 9.26. The lowest BCUT2D eigenvalue weighted by Gasteiger charge is -2.11. The Morgan fingerprint density at radius 3 is 2.88 bits per heavy atom. The van der Waals surface area contributed by atoms with Crippen LogP contribution in [-0.2, 0) is 16.4 Å². The predicted molar refractivity (Wildman–Crippen MR) is 63.4 cm³/mol. The summed E-state index contributed by atoms with van der Waals surface area (Å²) in [5.74, 6) is 0. The molecule has 90 valence electrons. The maximum atomic E-state index is 11.5. The minimum absolute atomic E-state index is 0.127. The van der Waals surface area contributed by atoms with Crippen LogP contribution in [0.5, 0.6) is 0 Å². The van der Waals surface area contributed by atoms with Gasteiger partial charge in [-0.2, -0.15) is 0 Å². The fourth-order valence-electron chi connectivity index (χ4n) is 1.15. The normalized spacial score (nSPS) is 13.6. The number of rotatable bonds is 6. The average molecular weight is 243 g/mol. The molecule has 1 unspecified atom stereocenters. The number of nitrogens with one attached hydrogen (secondary N) is 1. The molecule has 0 aliphatic carbocycles. The standard InChI is InChI=1S/C10H17N3O2S/c1-9(7-11)16(14,15)13-6-4-10-3-2-5-12-8-10/h2-3,5,8-9,13H,4,6-7,11H2,1H3. The van der Waals surface area contributed by atoms with Gasteiger partial charge in [0, 0.05) is 25.5 Å². The molecule has 0 aliphatic heterocycles. The van der Waals surface area contributed by atoms with Gasteiger partial charge in [0.1, 0.15) is 0 Å². The van der Waals surface area contributed by atoms with E-state index in [0.29, 0.717) is 13.0 Å². The highest BCUT2D eigenvalue weighted by molar-refractivity contribution is 7.90. The van der Waals surface area contributed by atoms with Gasteiger partial charge in [-0.05, 0) is 25.0 Å². The van der Waals surface area contributed by atoms with Crippen molar-refractivity contribution in [1.29, 1.82) is 0 Å². The van der Waals surface area contributed by atoms with E-state index in [2.05, 4.69) is 9.71 Å². The second-order valence-corrected chi connectivity index (χ2v) is 5.78. The molecule has 3 N–H and O–H groups in total. The highest BCUT2D eigenvalue weighted by Gasteiger charge is 2.17. The quantitative estimate of drug-likeness (QED) is 0.730. The number of nitrogens with zero attached hydrogens (tertiary/aromatic N) is 1. The lowest BCUT2D eigenvalue weighted by Crippen LogP contribution is -2.37. The Morgan fingerprint density at radius 2 is 2.31 bits per heavy atom. The monoisotopic (exact) mass is 243 g/mol. The summed E-state index contributed by atoms with van der Waals surface area (Å²) in [7, 11) is -3.28. The average Bonchev–Trinajstić information content (AvgIpc) is 2.29. The predicted octanol–water partition coefficient (Wildman–Crippen LogP) is -0.109. The van der Waals surface area contributed by atoms with Gasteiger partial charge in [-0.25, -0.2) is 13.1 Å². The van der Waals surface area contributed by atoms with E-state index in [1.165, 1.54) is 0 Å². The van der Waals surface area contributed by atoms with Crippen LogP contribution in [-0.4, -0.2) is 31.7 Å². The maximum Gasteiger partial charge on any atom is 0.215 e. The second kappa shape index (κ2) is 5.93. The summed E-state index contributed by atoms with van der Waals surface area (Å²) in [6.45, 7) is 2.09. The van der Waals surface area contributed by atoms with Crippen LogP contribution in [0.15, 0.2) is 24.5 Å². The van der Waals surface area contributed by atoms with E-state index in [0.717, 1.165) is 5.56 Å². The minimum atomic E-state index is -3.28. The zero-order valence-corrected chi connectivity index (χ0v) is 10.1. The minimum Gasteiger partial charge on any atom is -0.329 e. The molecule has 0 spiro atoms. The first-order valence-electron chi connectivity index (χ1n) is 5.13. The van der Waals surface area contributed by atoms with Crippen molar-refractivity contribution in [2.75, 3.05) is 13.1 Å². The van der Waals surface area contributed by atoms with Gasteiger partial charge in [0.05, 0.1) is 5.25 Å². The van der Waals surface area contributed by atoms with Gasteiger partial charge in [-0.1, -0.05) is 6.07 Å². The molecule has 1 heterocycles. The molecule has 0 aliphatic rings. The van der Waals surface area contributed by atoms with Gasteiger partial charge in [-0.3, -0.25) is 4.98 Å². The molecule has 16 heavy (non-hydrogen) atoms. The molecule has 1 aromatic rings. The molecule has 5 nitrogen and oxygen atoms in total. The van der Waals surface area contributed by atoms with E-state index >= 15 is 0 Å². The molecule has 0 fully saturated rings. The van der Waals surface area contributed by atoms with E-state index in [-0.39, 0.29) is 6.54 Å². The zero-order chi connectivity index (χ0) is 12.0. The van der Waals surface area contributed by atoms with Crippen molar-refractivity contribution in [3.63, 3.8) is 0 Å². The Kier molecular flexibility index (Phi) is 4.85. The Hall–Kier alpha value is -0.980. The van der Waals surface area contributed by atoms with Crippen molar-refractivity contribution < 1.29 is 8.42 Å². The van der Waals surface area contributed by atoms with Crippen molar-refractivity contribution in [2.24, 2.45) is 5.73 Å². The third-order valence-electron chi connectivity index (χ3n) is 2.30. The van der Waals surface area contributed by atoms with Crippen LogP contribution in [0.2, 0.25) is 0 Å². The van der Waals surface area contributed by atoms with Crippen molar-refractivity contribution >= 4 is 10.0 Å². The summed E-state index contributed by atoms with van der Waals surface area (Å²) >= 11 is 0. The SMILES string of the molecule is CC(CN)S(=O)(=O)NCCc1cccnc1.